The van der Waals surface area contributed by atoms with Gasteiger partial charge in [0.15, 0.2) is 5.13 Å². The van der Waals surface area contributed by atoms with Gasteiger partial charge in [-0.3, -0.25) is 4.79 Å². The number of benzene rings is 1. The van der Waals surface area contributed by atoms with E-state index in [1.165, 1.54) is 11.3 Å². The number of amides is 1. The summed E-state index contributed by atoms with van der Waals surface area (Å²) in [5, 5.41) is 8.59. The third-order valence-electron chi connectivity index (χ3n) is 2.97. The summed E-state index contributed by atoms with van der Waals surface area (Å²) in [5.41, 5.74) is 2.60. The number of para-hydroxylation sites is 1. The van der Waals surface area contributed by atoms with Crippen molar-refractivity contribution < 1.29 is 4.79 Å². The molecule has 0 atom stereocenters. The number of thiazole rings is 1. The summed E-state index contributed by atoms with van der Waals surface area (Å²) in [6.45, 7) is 3.46. The Balaban J connectivity index is 1.95. The van der Waals surface area contributed by atoms with E-state index in [-0.39, 0.29) is 5.91 Å². The lowest BCUT2D eigenvalue weighted by molar-refractivity contribution is 0.0947. The maximum absolute atomic E-state index is 11.9. The van der Waals surface area contributed by atoms with Gasteiger partial charge in [0.1, 0.15) is 5.69 Å². The number of rotatable bonds is 6. The Morgan fingerprint density at radius 1 is 1.33 bits per heavy atom. The molecule has 1 amide bonds. The summed E-state index contributed by atoms with van der Waals surface area (Å²) >= 11 is 1.43. The summed E-state index contributed by atoms with van der Waals surface area (Å²) in [7, 11) is 3.94. The molecule has 0 fully saturated rings. The normalized spacial score (nSPS) is 10.7. The Morgan fingerprint density at radius 3 is 2.81 bits per heavy atom. The molecule has 2 aromatic rings. The van der Waals surface area contributed by atoms with Gasteiger partial charge in [0.05, 0.1) is 0 Å². The SMILES string of the molecule is Cc1ccccc1Nc1nc(C(=O)NCCN(C)C)cs1. The molecule has 0 spiro atoms. The molecular formula is C15H20N4OS. The highest BCUT2D eigenvalue weighted by atomic mass is 32.1. The van der Waals surface area contributed by atoms with Crippen LogP contribution in [-0.2, 0) is 0 Å². The lowest BCUT2D eigenvalue weighted by Gasteiger charge is -2.09. The van der Waals surface area contributed by atoms with E-state index in [1.807, 2.05) is 50.2 Å². The second-order valence-electron chi connectivity index (χ2n) is 5.04. The fraction of sp³-hybridized carbons (Fsp3) is 0.333. The lowest BCUT2D eigenvalue weighted by Crippen LogP contribution is -2.31. The summed E-state index contributed by atoms with van der Waals surface area (Å²) < 4.78 is 0. The molecule has 0 aliphatic heterocycles. The molecule has 6 heteroatoms. The van der Waals surface area contributed by atoms with E-state index in [0.717, 1.165) is 22.9 Å². The molecule has 1 aromatic carbocycles. The molecule has 1 heterocycles. The van der Waals surface area contributed by atoms with Crippen LogP contribution >= 0.6 is 11.3 Å². The van der Waals surface area contributed by atoms with Crippen LogP contribution in [0.3, 0.4) is 0 Å². The Kier molecular flexibility index (Phi) is 5.30. The smallest absolute Gasteiger partial charge is 0.270 e. The predicted octanol–water partition coefficient (Wildman–Crippen LogP) is 2.49. The molecule has 1 aromatic heterocycles. The molecule has 5 nitrogen and oxygen atoms in total. The number of carbonyl (C=O) groups is 1. The summed E-state index contributed by atoms with van der Waals surface area (Å²) in [6.07, 6.45) is 0. The number of nitrogens with one attached hydrogen (secondary N) is 2. The van der Waals surface area contributed by atoms with Crippen molar-refractivity contribution in [1.29, 1.82) is 0 Å². The Bertz CT molecular complexity index is 609. The Morgan fingerprint density at radius 2 is 2.10 bits per heavy atom. The van der Waals surface area contributed by atoms with Crippen molar-refractivity contribution in [3.63, 3.8) is 0 Å². The molecule has 2 rings (SSSR count). The van der Waals surface area contributed by atoms with Crippen LogP contribution in [0.25, 0.3) is 0 Å². The quantitative estimate of drug-likeness (QED) is 0.861. The summed E-state index contributed by atoms with van der Waals surface area (Å²) in [4.78, 5) is 18.3. The Labute approximate surface area is 129 Å². The van der Waals surface area contributed by atoms with E-state index < -0.39 is 0 Å². The van der Waals surface area contributed by atoms with Crippen LogP contribution in [-0.4, -0.2) is 43.0 Å². The first-order valence-electron chi connectivity index (χ1n) is 6.77. The lowest BCUT2D eigenvalue weighted by atomic mass is 10.2. The fourth-order valence-corrected chi connectivity index (χ4v) is 2.45. The molecule has 0 aliphatic carbocycles. The summed E-state index contributed by atoms with van der Waals surface area (Å²) in [6, 6.07) is 7.99. The van der Waals surface area contributed by atoms with Gasteiger partial charge >= 0.3 is 0 Å². The van der Waals surface area contributed by atoms with Crippen LogP contribution in [0.5, 0.6) is 0 Å². The fourth-order valence-electron chi connectivity index (χ4n) is 1.75. The molecule has 0 saturated heterocycles. The largest absolute Gasteiger partial charge is 0.349 e. The number of aryl methyl sites for hydroxylation is 1. The standard InChI is InChI=1S/C15H20N4OS/c1-11-6-4-5-7-12(11)17-15-18-13(10-21-15)14(20)16-8-9-19(2)3/h4-7,10H,8-9H2,1-3H3,(H,16,20)(H,17,18). The van der Waals surface area contributed by atoms with Crippen molar-refractivity contribution >= 4 is 28.1 Å². The van der Waals surface area contributed by atoms with Crippen LogP contribution < -0.4 is 10.6 Å². The average Bonchev–Trinajstić information content (AvgIpc) is 2.89. The number of nitrogens with zero attached hydrogens (tertiary/aromatic N) is 2. The van der Waals surface area contributed by atoms with Gasteiger partial charge in [-0.1, -0.05) is 18.2 Å². The minimum Gasteiger partial charge on any atom is -0.349 e. The van der Waals surface area contributed by atoms with Crippen molar-refractivity contribution in [2.45, 2.75) is 6.92 Å². The van der Waals surface area contributed by atoms with Gasteiger partial charge in [-0.15, -0.1) is 11.3 Å². The number of anilines is 2. The van der Waals surface area contributed by atoms with Crippen molar-refractivity contribution in [2.24, 2.45) is 0 Å². The van der Waals surface area contributed by atoms with Crippen LogP contribution in [0.1, 0.15) is 16.1 Å². The van der Waals surface area contributed by atoms with Crippen molar-refractivity contribution in [2.75, 3.05) is 32.5 Å². The van der Waals surface area contributed by atoms with Crippen LogP contribution in [0.15, 0.2) is 29.6 Å². The van der Waals surface area contributed by atoms with E-state index >= 15 is 0 Å². The highest BCUT2D eigenvalue weighted by Crippen LogP contribution is 2.23. The van der Waals surface area contributed by atoms with Gasteiger partial charge in [-0.05, 0) is 32.6 Å². The number of carbonyl (C=O) groups excluding carboxylic acids is 1. The third kappa shape index (κ3) is 4.54. The zero-order chi connectivity index (χ0) is 15.2. The van der Waals surface area contributed by atoms with E-state index in [1.54, 1.807) is 5.38 Å². The van der Waals surface area contributed by atoms with E-state index in [2.05, 4.69) is 15.6 Å². The van der Waals surface area contributed by atoms with Gasteiger partial charge < -0.3 is 15.5 Å². The first-order valence-corrected chi connectivity index (χ1v) is 7.65. The zero-order valence-electron chi connectivity index (χ0n) is 12.5. The molecule has 0 bridgehead atoms. The van der Waals surface area contributed by atoms with Crippen LogP contribution in [0, 0.1) is 6.92 Å². The number of hydrogen-bond donors (Lipinski definition) is 2. The summed E-state index contributed by atoms with van der Waals surface area (Å²) in [5.74, 6) is -0.133. The first kappa shape index (κ1) is 15.5. The number of hydrogen-bond acceptors (Lipinski definition) is 5. The average molecular weight is 304 g/mol. The monoisotopic (exact) mass is 304 g/mol. The predicted molar refractivity (Wildman–Crippen MR) is 87.5 cm³/mol. The van der Waals surface area contributed by atoms with Gasteiger partial charge in [0.2, 0.25) is 0 Å². The van der Waals surface area contributed by atoms with Crippen LogP contribution in [0.4, 0.5) is 10.8 Å². The van der Waals surface area contributed by atoms with Crippen molar-refractivity contribution in [1.82, 2.24) is 15.2 Å². The highest BCUT2D eigenvalue weighted by Gasteiger charge is 2.10. The van der Waals surface area contributed by atoms with Gasteiger partial charge in [0.25, 0.3) is 5.91 Å². The third-order valence-corrected chi connectivity index (χ3v) is 3.73. The molecular weight excluding hydrogens is 284 g/mol. The zero-order valence-corrected chi connectivity index (χ0v) is 13.3. The second-order valence-corrected chi connectivity index (χ2v) is 5.90. The first-order chi connectivity index (χ1) is 10.1. The minimum atomic E-state index is -0.133. The molecule has 112 valence electrons. The van der Waals surface area contributed by atoms with Gasteiger partial charge in [0, 0.05) is 24.2 Å². The highest BCUT2D eigenvalue weighted by molar-refractivity contribution is 7.14. The molecule has 21 heavy (non-hydrogen) atoms. The maximum Gasteiger partial charge on any atom is 0.270 e. The topological polar surface area (TPSA) is 57.3 Å². The van der Waals surface area contributed by atoms with E-state index in [0.29, 0.717) is 12.2 Å². The van der Waals surface area contributed by atoms with Gasteiger partial charge in [-0.2, -0.15) is 0 Å². The van der Waals surface area contributed by atoms with E-state index in [9.17, 15) is 4.79 Å². The van der Waals surface area contributed by atoms with E-state index in [4.69, 9.17) is 0 Å². The Hall–Kier alpha value is -1.92. The van der Waals surface area contributed by atoms with Crippen molar-refractivity contribution in [3.8, 4) is 0 Å². The van der Waals surface area contributed by atoms with Crippen LogP contribution in [0.2, 0.25) is 0 Å². The van der Waals surface area contributed by atoms with Gasteiger partial charge in [-0.25, -0.2) is 4.98 Å². The number of likely N-dealkylation sites (N-methyl/N-ethyl adjacent to an activating group) is 1. The maximum atomic E-state index is 11.9. The minimum absolute atomic E-state index is 0.133. The molecule has 2 N–H and O–H groups in total. The van der Waals surface area contributed by atoms with Crippen molar-refractivity contribution in [3.05, 3.63) is 40.9 Å². The molecule has 0 unspecified atom stereocenters. The molecule has 0 saturated carbocycles. The molecule has 0 aliphatic rings. The molecule has 0 radical (unpaired) electrons. The second kappa shape index (κ2) is 7.19. The number of aromatic nitrogens is 1.